The number of aryl methyl sites for hydroxylation is 1. The summed E-state index contributed by atoms with van der Waals surface area (Å²) in [5, 5.41) is 10.2. The van der Waals surface area contributed by atoms with Crippen molar-refractivity contribution in [2.75, 3.05) is 0 Å². The van der Waals surface area contributed by atoms with Gasteiger partial charge in [0.1, 0.15) is 0 Å². The molecule has 1 N–H and O–H groups in total. The minimum Gasteiger partial charge on any atom is -0.392 e. The summed E-state index contributed by atoms with van der Waals surface area (Å²) in [6, 6.07) is 10.1. The highest BCUT2D eigenvalue weighted by Crippen LogP contribution is 2.25. The monoisotopic (exact) mass is 246 g/mol. The van der Waals surface area contributed by atoms with E-state index in [0.29, 0.717) is 6.42 Å². The second-order valence-corrected chi connectivity index (χ2v) is 5.31. The van der Waals surface area contributed by atoms with Gasteiger partial charge in [-0.25, -0.2) is 0 Å². The van der Waals surface area contributed by atoms with E-state index < -0.39 is 6.10 Å². The molecule has 0 amide bonds. The van der Waals surface area contributed by atoms with E-state index in [4.69, 9.17) is 0 Å². The van der Waals surface area contributed by atoms with Gasteiger partial charge in [-0.1, -0.05) is 50.3 Å². The molecule has 0 heterocycles. The average molecular weight is 246 g/mol. The van der Waals surface area contributed by atoms with Gasteiger partial charge in [0.05, 0.1) is 6.10 Å². The van der Waals surface area contributed by atoms with Gasteiger partial charge < -0.3 is 5.11 Å². The van der Waals surface area contributed by atoms with Gasteiger partial charge >= 0.3 is 0 Å². The number of aliphatic hydroxyl groups excluding tert-OH is 1. The van der Waals surface area contributed by atoms with Gasteiger partial charge in [-0.05, 0) is 31.4 Å². The SMILES string of the molecule is CC(=O)/C=C/C(C)(C)C(O)CCc1ccccc1. The first-order valence-corrected chi connectivity index (χ1v) is 6.33. The molecule has 1 rings (SSSR count). The van der Waals surface area contributed by atoms with Crippen molar-refractivity contribution in [2.24, 2.45) is 5.41 Å². The van der Waals surface area contributed by atoms with E-state index in [0.717, 1.165) is 6.42 Å². The maximum atomic E-state index is 10.9. The average Bonchev–Trinajstić information content (AvgIpc) is 2.35. The van der Waals surface area contributed by atoms with Crippen LogP contribution in [0.1, 0.15) is 32.8 Å². The Morgan fingerprint density at radius 1 is 1.33 bits per heavy atom. The number of allylic oxidation sites excluding steroid dienone is 1. The van der Waals surface area contributed by atoms with Crippen LogP contribution in [0.3, 0.4) is 0 Å². The summed E-state index contributed by atoms with van der Waals surface area (Å²) in [6.45, 7) is 5.41. The number of aliphatic hydroxyl groups is 1. The van der Waals surface area contributed by atoms with Gasteiger partial charge in [0, 0.05) is 5.41 Å². The third-order valence-corrected chi connectivity index (χ3v) is 3.16. The van der Waals surface area contributed by atoms with Crippen molar-refractivity contribution in [1.29, 1.82) is 0 Å². The van der Waals surface area contributed by atoms with Crippen molar-refractivity contribution in [1.82, 2.24) is 0 Å². The first kappa shape index (κ1) is 14.7. The number of carbonyl (C=O) groups is 1. The van der Waals surface area contributed by atoms with E-state index in [1.807, 2.05) is 32.0 Å². The van der Waals surface area contributed by atoms with E-state index in [9.17, 15) is 9.90 Å². The quantitative estimate of drug-likeness (QED) is 0.783. The molecule has 0 bridgehead atoms. The predicted octanol–water partition coefficient (Wildman–Crippen LogP) is 3.15. The molecule has 1 aromatic carbocycles. The smallest absolute Gasteiger partial charge is 0.152 e. The van der Waals surface area contributed by atoms with Gasteiger partial charge in [0.25, 0.3) is 0 Å². The normalized spacial score (nSPS) is 13.8. The van der Waals surface area contributed by atoms with Gasteiger partial charge in [0.2, 0.25) is 0 Å². The van der Waals surface area contributed by atoms with Crippen LogP contribution in [0.4, 0.5) is 0 Å². The Balaban J connectivity index is 2.54. The summed E-state index contributed by atoms with van der Waals surface area (Å²) >= 11 is 0. The predicted molar refractivity (Wildman–Crippen MR) is 74.4 cm³/mol. The summed E-state index contributed by atoms with van der Waals surface area (Å²) in [4.78, 5) is 10.9. The van der Waals surface area contributed by atoms with Crippen LogP contribution in [-0.2, 0) is 11.2 Å². The van der Waals surface area contributed by atoms with Crippen molar-refractivity contribution in [3.8, 4) is 0 Å². The van der Waals surface area contributed by atoms with Crippen LogP contribution in [0.25, 0.3) is 0 Å². The molecule has 1 aromatic rings. The first-order chi connectivity index (χ1) is 8.42. The molecule has 0 saturated heterocycles. The molecule has 0 fully saturated rings. The van der Waals surface area contributed by atoms with Crippen molar-refractivity contribution in [3.05, 3.63) is 48.0 Å². The molecule has 0 aromatic heterocycles. The van der Waals surface area contributed by atoms with Crippen LogP contribution in [0.2, 0.25) is 0 Å². The number of hydrogen-bond acceptors (Lipinski definition) is 2. The zero-order valence-electron chi connectivity index (χ0n) is 11.4. The highest BCUT2D eigenvalue weighted by atomic mass is 16.3. The van der Waals surface area contributed by atoms with E-state index in [1.54, 1.807) is 6.08 Å². The zero-order valence-corrected chi connectivity index (χ0v) is 11.4. The molecule has 1 atom stereocenters. The zero-order chi connectivity index (χ0) is 13.6. The Kier molecular flexibility index (Phi) is 5.29. The van der Waals surface area contributed by atoms with Crippen molar-refractivity contribution >= 4 is 5.78 Å². The largest absolute Gasteiger partial charge is 0.392 e. The molecule has 0 saturated carbocycles. The molecule has 2 nitrogen and oxygen atoms in total. The molecule has 0 aliphatic rings. The lowest BCUT2D eigenvalue weighted by atomic mass is 9.83. The summed E-state index contributed by atoms with van der Waals surface area (Å²) < 4.78 is 0. The number of rotatable bonds is 6. The Bertz CT molecular complexity index is 404. The fraction of sp³-hybridized carbons (Fsp3) is 0.438. The Morgan fingerprint density at radius 3 is 2.50 bits per heavy atom. The maximum absolute atomic E-state index is 10.9. The second kappa shape index (κ2) is 6.50. The Labute approximate surface area is 109 Å². The molecule has 0 radical (unpaired) electrons. The third kappa shape index (κ3) is 4.84. The molecule has 0 aliphatic heterocycles. The molecule has 0 spiro atoms. The molecular weight excluding hydrogens is 224 g/mol. The van der Waals surface area contributed by atoms with E-state index in [-0.39, 0.29) is 11.2 Å². The summed E-state index contributed by atoms with van der Waals surface area (Å²) in [7, 11) is 0. The Hall–Kier alpha value is -1.41. The van der Waals surface area contributed by atoms with E-state index >= 15 is 0 Å². The third-order valence-electron chi connectivity index (χ3n) is 3.16. The molecule has 0 aliphatic carbocycles. The molecule has 98 valence electrons. The van der Waals surface area contributed by atoms with Crippen molar-refractivity contribution < 1.29 is 9.90 Å². The number of hydrogen-bond donors (Lipinski definition) is 1. The van der Waals surface area contributed by atoms with Crippen LogP contribution >= 0.6 is 0 Å². The highest BCUT2D eigenvalue weighted by Gasteiger charge is 2.24. The molecule has 1 unspecified atom stereocenters. The van der Waals surface area contributed by atoms with E-state index in [2.05, 4.69) is 12.1 Å². The number of carbonyl (C=O) groups excluding carboxylic acids is 1. The fourth-order valence-corrected chi connectivity index (χ4v) is 1.76. The topological polar surface area (TPSA) is 37.3 Å². The summed E-state index contributed by atoms with van der Waals surface area (Å²) in [5.41, 5.74) is 0.850. The Morgan fingerprint density at radius 2 is 1.94 bits per heavy atom. The lowest BCUT2D eigenvalue weighted by Crippen LogP contribution is -2.28. The summed E-state index contributed by atoms with van der Waals surface area (Å²) in [5.74, 6) is 0.0123. The van der Waals surface area contributed by atoms with Gasteiger partial charge in [0.15, 0.2) is 5.78 Å². The lowest BCUT2D eigenvalue weighted by Gasteiger charge is -2.27. The van der Waals surface area contributed by atoms with E-state index in [1.165, 1.54) is 18.6 Å². The second-order valence-electron chi connectivity index (χ2n) is 5.31. The van der Waals surface area contributed by atoms with Crippen molar-refractivity contribution in [2.45, 2.75) is 39.7 Å². The van der Waals surface area contributed by atoms with Crippen LogP contribution in [-0.4, -0.2) is 17.0 Å². The van der Waals surface area contributed by atoms with Gasteiger partial charge in [-0.2, -0.15) is 0 Å². The highest BCUT2D eigenvalue weighted by molar-refractivity contribution is 5.87. The van der Waals surface area contributed by atoms with Gasteiger partial charge in [-0.3, -0.25) is 4.79 Å². The van der Waals surface area contributed by atoms with Crippen molar-refractivity contribution in [3.63, 3.8) is 0 Å². The minimum atomic E-state index is -0.451. The molecule has 2 heteroatoms. The lowest BCUT2D eigenvalue weighted by molar-refractivity contribution is -0.112. The van der Waals surface area contributed by atoms with Gasteiger partial charge in [-0.15, -0.1) is 0 Å². The van der Waals surface area contributed by atoms with Crippen LogP contribution in [0.15, 0.2) is 42.5 Å². The van der Waals surface area contributed by atoms with Crippen LogP contribution in [0.5, 0.6) is 0 Å². The molecule has 18 heavy (non-hydrogen) atoms. The fourth-order valence-electron chi connectivity index (χ4n) is 1.76. The minimum absolute atomic E-state index is 0.0123. The maximum Gasteiger partial charge on any atom is 0.152 e. The number of benzene rings is 1. The van der Waals surface area contributed by atoms with Crippen LogP contribution in [0, 0.1) is 5.41 Å². The first-order valence-electron chi connectivity index (χ1n) is 6.33. The van der Waals surface area contributed by atoms with Crippen LogP contribution < -0.4 is 0 Å². The summed E-state index contributed by atoms with van der Waals surface area (Å²) in [6.07, 6.45) is 4.42. The molecular formula is C16H22O2. The number of ketones is 1. The standard InChI is InChI=1S/C16H22O2/c1-13(17)11-12-16(2,3)15(18)10-9-14-7-5-4-6-8-14/h4-8,11-12,15,18H,9-10H2,1-3H3/b12-11+.